The first-order valence-electron chi connectivity index (χ1n) is 6.97. The normalized spacial score (nSPS) is 52.5. The van der Waals surface area contributed by atoms with Crippen LogP contribution in [0.25, 0.3) is 0 Å². The van der Waals surface area contributed by atoms with E-state index in [0.717, 1.165) is 36.3 Å². The van der Waals surface area contributed by atoms with Crippen molar-refractivity contribution in [1.29, 1.82) is 0 Å². The van der Waals surface area contributed by atoms with Gasteiger partial charge in [0.1, 0.15) is 6.10 Å². The van der Waals surface area contributed by atoms with Crippen molar-refractivity contribution in [3.05, 3.63) is 12.3 Å². The second-order valence-corrected chi connectivity index (χ2v) is 6.13. The van der Waals surface area contributed by atoms with E-state index in [9.17, 15) is 0 Å². The highest BCUT2D eigenvalue weighted by atomic mass is 16.5. The number of allylic oxidation sites excluding steroid dienone is 1. The van der Waals surface area contributed by atoms with Crippen LogP contribution in [0.4, 0.5) is 0 Å². The molecular formula is C14H21NO. The molecule has 3 fully saturated rings. The number of rotatable bonds is 3. The van der Waals surface area contributed by atoms with E-state index in [4.69, 9.17) is 4.74 Å². The van der Waals surface area contributed by atoms with Crippen LogP contribution in [0.3, 0.4) is 0 Å². The topological polar surface area (TPSA) is 21.3 Å². The van der Waals surface area contributed by atoms with Gasteiger partial charge in [-0.15, -0.1) is 0 Å². The fourth-order valence-electron chi connectivity index (χ4n) is 4.60. The summed E-state index contributed by atoms with van der Waals surface area (Å²) in [5.74, 6) is 4.27. The highest BCUT2D eigenvalue weighted by Gasteiger charge is 2.64. The van der Waals surface area contributed by atoms with Gasteiger partial charge in [-0.1, -0.05) is 0 Å². The predicted molar refractivity (Wildman–Crippen MR) is 62.8 cm³/mol. The van der Waals surface area contributed by atoms with Crippen molar-refractivity contribution in [2.75, 3.05) is 6.54 Å². The van der Waals surface area contributed by atoms with Gasteiger partial charge in [-0.05, 0) is 61.9 Å². The van der Waals surface area contributed by atoms with E-state index in [-0.39, 0.29) is 0 Å². The van der Waals surface area contributed by atoms with Gasteiger partial charge in [0, 0.05) is 12.6 Å². The summed E-state index contributed by atoms with van der Waals surface area (Å²) in [7, 11) is 0. The van der Waals surface area contributed by atoms with Gasteiger partial charge in [0.05, 0.1) is 6.26 Å². The maximum atomic E-state index is 5.60. The van der Waals surface area contributed by atoms with Crippen LogP contribution in [-0.2, 0) is 4.74 Å². The molecule has 2 bridgehead atoms. The van der Waals surface area contributed by atoms with Gasteiger partial charge in [-0.2, -0.15) is 0 Å². The Morgan fingerprint density at radius 3 is 2.62 bits per heavy atom. The molecule has 0 amide bonds. The standard InChI is InChI=1S/C14H21NO/c1-2-6-16-11(3-1)8-15-14-12-9-4-5-10(7-9)13(12)14/h2,6,9-15H,1,3-5,7-8H2. The summed E-state index contributed by atoms with van der Waals surface area (Å²) in [6.07, 6.45) is 11.4. The molecule has 1 aliphatic heterocycles. The van der Waals surface area contributed by atoms with Gasteiger partial charge < -0.3 is 10.1 Å². The smallest absolute Gasteiger partial charge is 0.110 e. The molecule has 2 heteroatoms. The first-order valence-corrected chi connectivity index (χ1v) is 6.97. The first-order chi connectivity index (χ1) is 7.93. The second-order valence-electron chi connectivity index (χ2n) is 6.13. The van der Waals surface area contributed by atoms with Crippen LogP contribution in [0.5, 0.6) is 0 Å². The van der Waals surface area contributed by atoms with Crippen LogP contribution >= 0.6 is 0 Å². The summed E-state index contributed by atoms with van der Waals surface area (Å²) in [5.41, 5.74) is 0. The molecule has 0 spiro atoms. The van der Waals surface area contributed by atoms with Crippen LogP contribution in [0, 0.1) is 23.7 Å². The van der Waals surface area contributed by atoms with E-state index >= 15 is 0 Å². The molecule has 16 heavy (non-hydrogen) atoms. The molecule has 1 heterocycles. The summed E-state index contributed by atoms with van der Waals surface area (Å²) < 4.78 is 5.60. The van der Waals surface area contributed by atoms with Gasteiger partial charge >= 0.3 is 0 Å². The van der Waals surface area contributed by atoms with E-state index in [0.29, 0.717) is 6.10 Å². The van der Waals surface area contributed by atoms with Crippen LogP contribution < -0.4 is 5.32 Å². The van der Waals surface area contributed by atoms with Crippen LogP contribution in [0.15, 0.2) is 12.3 Å². The maximum Gasteiger partial charge on any atom is 0.110 e. The number of hydrogen-bond donors (Lipinski definition) is 1. The molecule has 5 atom stereocenters. The minimum absolute atomic E-state index is 0.434. The molecule has 4 aliphatic rings. The Hall–Kier alpha value is -0.500. The maximum absolute atomic E-state index is 5.60. The Balaban J connectivity index is 1.29. The molecule has 2 nitrogen and oxygen atoms in total. The third-order valence-electron chi connectivity index (χ3n) is 5.34. The Kier molecular flexibility index (Phi) is 2.08. The molecule has 88 valence electrons. The molecule has 0 radical (unpaired) electrons. The Labute approximate surface area is 97.4 Å². The number of fused-ring (bicyclic) bond motifs is 5. The SMILES string of the molecule is C1=COC(CNC2C3C4CCC(C4)C23)CC1. The van der Waals surface area contributed by atoms with Crippen LogP contribution in [0.2, 0.25) is 0 Å². The highest BCUT2D eigenvalue weighted by molar-refractivity contribution is 5.16. The lowest BCUT2D eigenvalue weighted by atomic mass is 10.0. The lowest BCUT2D eigenvalue weighted by molar-refractivity contribution is 0.120. The summed E-state index contributed by atoms with van der Waals surface area (Å²) >= 11 is 0. The van der Waals surface area contributed by atoms with Crippen molar-refractivity contribution in [2.45, 2.75) is 44.2 Å². The van der Waals surface area contributed by atoms with E-state index in [1.165, 1.54) is 25.7 Å². The fraction of sp³-hybridized carbons (Fsp3) is 0.857. The van der Waals surface area contributed by atoms with Gasteiger partial charge in [-0.25, -0.2) is 0 Å². The molecule has 0 aromatic rings. The van der Waals surface area contributed by atoms with Crippen molar-refractivity contribution in [2.24, 2.45) is 23.7 Å². The lowest BCUT2D eigenvalue weighted by Gasteiger charge is -2.20. The predicted octanol–water partition coefficient (Wildman–Crippen LogP) is 2.31. The monoisotopic (exact) mass is 219 g/mol. The van der Waals surface area contributed by atoms with Crippen LogP contribution in [-0.4, -0.2) is 18.7 Å². The molecule has 0 saturated heterocycles. The Morgan fingerprint density at radius 1 is 1.12 bits per heavy atom. The van der Waals surface area contributed by atoms with E-state index in [2.05, 4.69) is 11.4 Å². The molecule has 3 aliphatic carbocycles. The molecular weight excluding hydrogens is 198 g/mol. The minimum atomic E-state index is 0.434. The molecule has 4 rings (SSSR count). The largest absolute Gasteiger partial charge is 0.497 e. The summed E-state index contributed by atoms with van der Waals surface area (Å²) in [5, 5.41) is 3.77. The van der Waals surface area contributed by atoms with Crippen molar-refractivity contribution >= 4 is 0 Å². The Morgan fingerprint density at radius 2 is 1.94 bits per heavy atom. The van der Waals surface area contributed by atoms with E-state index in [1.807, 2.05) is 6.26 Å². The number of ether oxygens (including phenoxy) is 1. The molecule has 1 N–H and O–H groups in total. The average Bonchev–Trinajstić information content (AvgIpc) is 2.72. The average molecular weight is 219 g/mol. The zero-order chi connectivity index (χ0) is 10.5. The molecule has 0 aromatic heterocycles. The van der Waals surface area contributed by atoms with Gasteiger partial charge in [0.15, 0.2) is 0 Å². The zero-order valence-corrected chi connectivity index (χ0v) is 9.77. The van der Waals surface area contributed by atoms with Crippen molar-refractivity contribution in [3.8, 4) is 0 Å². The van der Waals surface area contributed by atoms with Crippen molar-refractivity contribution in [1.82, 2.24) is 5.32 Å². The van der Waals surface area contributed by atoms with Gasteiger partial charge in [0.2, 0.25) is 0 Å². The fourth-order valence-corrected chi connectivity index (χ4v) is 4.60. The second kappa shape index (κ2) is 3.49. The molecule has 5 unspecified atom stereocenters. The lowest BCUT2D eigenvalue weighted by Crippen LogP contribution is -2.33. The molecule has 0 aromatic carbocycles. The molecule has 3 saturated carbocycles. The summed E-state index contributed by atoms with van der Waals surface area (Å²) in [6.45, 7) is 1.07. The van der Waals surface area contributed by atoms with E-state index in [1.54, 1.807) is 6.42 Å². The minimum Gasteiger partial charge on any atom is -0.497 e. The Bertz CT molecular complexity index is 298. The third-order valence-corrected chi connectivity index (χ3v) is 5.34. The number of nitrogens with one attached hydrogen (secondary N) is 1. The summed E-state index contributed by atoms with van der Waals surface area (Å²) in [6, 6.07) is 0.862. The van der Waals surface area contributed by atoms with Crippen molar-refractivity contribution < 1.29 is 4.74 Å². The number of hydrogen-bond acceptors (Lipinski definition) is 2. The van der Waals surface area contributed by atoms with E-state index < -0.39 is 0 Å². The highest BCUT2D eigenvalue weighted by Crippen LogP contribution is 2.65. The van der Waals surface area contributed by atoms with Gasteiger partial charge in [-0.3, -0.25) is 0 Å². The summed E-state index contributed by atoms with van der Waals surface area (Å²) in [4.78, 5) is 0. The third kappa shape index (κ3) is 1.35. The van der Waals surface area contributed by atoms with Crippen molar-refractivity contribution in [3.63, 3.8) is 0 Å². The zero-order valence-electron chi connectivity index (χ0n) is 9.77. The van der Waals surface area contributed by atoms with Crippen LogP contribution in [0.1, 0.15) is 32.1 Å². The van der Waals surface area contributed by atoms with Gasteiger partial charge in [0.25, 0.3) is 0 Å². The quantitative estimate of drug-likeness (QED) is 0.786. The first kappa shape index (κ1) is 9.52.